The van der Waals surface area contributed by atoms with Crippen LogP contribution in [-0.2, 0) is 17.8 Å². The second-order valence-electron chi connectivity index (χ2n) is 9.21. The largest absolute Gasteiger partial charge is 0.393 e. The highest BCUT2D eigenvalue weighted by molar-refractivity contribution is 7.15. The zero-order valence-corrected chi connectivity index (χ0v) is 21.5. The van der Waals surface area contributed by atoms with Crippen molar-refractivity contribution >= 4 is 34.6 Å². The van der Waals surface area contributed by atoms with Gasteiger partial charge < -0.3 is 20.6 Å². The van der Waals surface area contributed by atoms with Gasteiger partial charge in [-0.15, -0.1) is 11.3 Å². The maximum absolute atomic E-state index is 12.5. The summed E-state index contributed by atoms with van der Waals surface area (Å²) in [6.07, 6.45) is 5.06. The van der Waals surface area contributed by atoms with Gasteiger partial charge in [-0.3, -0.25) is 4.79 Å². The Balaban J connectivity index is 1.15. The first kappa shape index (κ1) is 24.9. The number of nitrogens with zero attached hydrogens (tertiary/aromatic N) is 4. The number of thiazole rings is 1. The van der Waals surface area contributed by atoms with Gasteiger partial charge in [-0.2, -0.15) is 0 Å². The topological polar surface area (TPSA) is 103 Å². The number of pyridine rings is 2. The van der Waals surface area contributed by atoms with Gasteiger partial charge in [-0.05, 0) is 67.3 Å². The van der Waals surface area contributed by atoms with Crippen LogP contribution in [0.15, 0.2) is 67.0 Å². The monoisotopic (exact) mass is 514 g/mol. The summed E-state index contributed by atoms with van der Waals surface area (Å²) in [6.45, 7) is 3.90. The van der Waals surface area contributed by atoms with Crippen molar-refractivity contribution in [3.8, 4) is 10.6 Å². The Morgan fingerprint density at radius 1 is 1.08 bits per heavy atom. The van der Waals surface area contributed by atoms with Gasteiger partial charge >= 0.3 is 0 Å². The zero-order chi connectivity index (χ0) is 25.6. The molecule has 0 saturated carbocycles. The number of nitrogens with one attached hydrogen (secondary N) is 2. The Bertz CT molecular complexity index is 1350. The highest BCUT2D eigenvalue weighted by Crippen LogP contribution is 2.27. The van der Waals surface area contributed by atoms with E-state index in [4.69, 9.17) is 4.98 Å². The number of piperidine rings is 1. The van der Waals surface area contributed by atoms with Crippen molar-refractivity contribution in [2.45, 2.75) is 38.8 Å². The molecular formula is C28H30N6O2S. The molecule has 3 aromatic heterocycles. The van der Waals surface area contributed by atoms with Crippen LogP contribution in [0.5, 0.6) is 0 Å². The number of amides is 1. The minimum atomic E-state index is -0.275. The SMILES string of the molecule is Cc1ccnc(Nc2cccc(-c3cnc(CNc4ccc(CC(=O)N5CCC(O)CC5)cc4)s3)n2)c1. The summed E-state index contributed by atoms with van der Waals surface area (Å²) in [5, 5.41) is 17.3. The van der Waals surface area contributed by atoms with E-state index in [2.05, 4.69) is 20.6 Å². The summed E-state index contributed by atoms with van der Waals surface area (Å²) in [5.41, 5.74) is 3.96. The number of aromatic nitrogens is 3. The summed E-state index contributed by atoms with van der Waals surface area (Å²) < 4.78 is 0. The molecule has 4 aromatic rings. The van der Waals surface area contributed by atoms with Crippen LogP contribution >= 0.6 is 11.3 Å². The average Bonchev–Trinajstić information content (AvgIpc) is 3.38. The molecule has 190 valence electrons. The second kappa shape index (κ2) is 11.5. The van der Waals surface area contributed by atoms with Crippen LogP contribution in [0.2, 0.25) is 0 Å². The van der Waals surface area contributed by atoms with Gasteiger partial charge in [0.1, 0.15) is 16.6 Å². The van der Waals surface area contributed by atoms with E-state index in [-0.39, 0.29) is 12.0 Å². The molecule has 0 bridgehead atoms. The van der Waals surface area contributed by atoms with E-state index >= 15 is 0 Å². The molecule has 0 atom stereocenters. The molecule has 0 aliphatic carbocycles. The van der Waals surface area contributed by atoms with Gasteiger partial charge in [-0.25, -0.2) is 15.0 Å². The van der Waals surface area contributed by atoms with Crippen molar-refractivity contribution in [3.63, 3.8) is 0 Å². The number of anilines is 3. The lowest BCUT2D eigenvalue weighted by Gasteiger charge is -2.29. The van der Waals surface area contributed by atoms with Gasteiger partial charge in [0.15, 0.2) is 0 Å². The minimum absolute atomic E-state index is 0.117. The molecular weight excluding hydrogens is 484 g/mol. The molecule has 3 N–H and O–H groups in total. The predicted octanol–water partition coefficient (Wildman–Crippen LogP) is 4.79. The number of benzene rings is 1. The number of hydrogen-bond acceptors (Lipinski definition) is 8. The fraction of sp³-hybridized carbons (Fsp3) is 0.286. The molecule has 1 aliphatic rings. The van der Waals surface area contributed by atoms with E-state index in [9.17, 15) is 9.90 Å². The number of carbonyl (C=O) groups is 1. The minimum Gasteiger partial charge on any atom is -0.393 e. The first-order valence-electron chi connectivity index (χ1n) is 12.4. The zero-order valence-electron chi connectivity index (χ0n) is 20.7. The lowest BCUT2D eigenvalue weighted by molar-refractivity contribution is -0.132. The van der Waals surface area contributed by atoms with Crippen molar-refractivity contribution in [2.24, 2.45) is 0 Å². The molecule has 0 radical (unpaired) electrons. The van der Waals surface area contributed by atoms with Crippen LogP contribution in [0.3, 0.4) is 0 Å². The summed E-state index contributed by atoms with van der Waals surface area (Å²) in [6, 6.07) is 17.8. The molecule has 1 saturated heterocycles. The Morgan fingerprint density at radius 3 is 2.68 bits per heavy atom. The van der Waals surface area contributed by atoms with Crippen LogP contribution in [-0.4, -0.2) is 50.1 Å². The number of carbonyl (C=O) groups excluding carboxylic acids is 1. The molecule has 1 aliphatic heterocycles. The number of hydrogen-bond donors (Lipinski definition) is 3. The first-order chi connectivity index (χ1) is 18.0. The Morgan fingerprint density at radius 2 is 1.89 bits per heavy atom. The number of aliphatic hydroxyl groups excluding tert-OH is 1. The third kappa shape index (κ3) is 6.69. The molecule has 8 nitrogen and oxygen atoms in total. The van der Waals surface area contributed by atoms with Crippen LogP contribution in [0.1, 0.15) is 29.0 Å². The maximum atomic E-state index is 12.5. The second-order valence-corrected chi connectivity index (χ2v) is 10.3. The molecule has 37 heavy (non-hydrogen) atoms. The smallest absolute Gasteiger partial charge is 0.226 e. The summed E-state index contributed by atoms with van der Waals surface area (Å²) in [5.74, 6) is 1.62. The Labute approximate surface area is 220 Å². The Kier molecular flexibility index (Phi) is 7.72. The van der Waals surface area contributed by atoms with Gasteiger partial charge in [0.2, 0.25) is 5.91 Å². The van der Waals surface area contributed by atoms with Crippen LogP contribution in [0, 0.1) is 6.92 Å². The number of rotatable bonds is 8. The molecule has 9 heteroatoms. The lowest BCUT2D eigenvalue weighted by Crippen LogP contribution is -2.40. The third-order valence-electron chi connectivity index (χ3n) is 6.30. The highest BCUT2D eigenvalue weighted by Gasteiger charge is 2.21. The van der Waals surface area contributed by atoms with E-state index in [0.717, 1.165) is 44.0 Å². The van der Waals surface area contributed by atoms with Gasteiger partial charge in [0.25, 0.3) is 0 Å². The maximum Gasteiger partial charge on any atom is 0.226 e. The first-order valence-corrected chi connectivity index (χ1v) is 13.2. The molecule has 0 unspecified atom stereocenters. The Hall–Kier alpha value is -3.82. The number of aryl methyl sites for hydroxylation is 1. The van der Waals surface area contributed by atoms with E-state index in [0.29, 0.717) is 38.9 Å². The van der Waals surface area contributed by atoms with Crippen molar-refractivity contribution in [3.05, 3.63) is 83.1 Å². The average molecular weight is 515 g/mol. The fourth-order valence-electron chi connectivity index (χ4n) is 4.21. The van der Waals surface area contributed by atoms with Crippen molar-refractivity contribution < 1.29 is 9.90 Å². The molecule has 1 aromatic carbocycles. The third-order valence-corrected chi connectivity index (χ3v) is 7.32. The highest BCUT2D eigenvalue weighted by atomic mass is 32.1. The summed E-state index contributed by atoms with van der Waals surface area (Å²) in [4.78, 5) is 29.0. The van der Waals surface area contributed by atoms with E-state index in [1.807, 2.05) is 72.6 Å². The van der Waals surface area contributed by atoms with Crippen molar-refractivity contribution in [1.29, 1.82) is 0 Å². The quantitative estimate of drug-likeness (QED) is 0.311. The molecule has 1 fully saturated rings. The number of likely N-dealkylation sites (tertiary alicyclic amines) is 1. The fourth-order valence-corrected chi connectivity index (χ4v) is 5.03. The van der Waals surface area contributed by atoms with Crippen LogP contribution < -0.4 is 10.6 Å². The van der Waals surface area contributed by atoms with Crippen LogP contribution in [0.25, 0.3) is 10.6 Å². The molecule has 5 rings (SSSR count). The van der Waals surface area contributed by atoms with Crippen molar-refractivity contribution in [2.75, 3.05) is 23.7 Å². The normalized spacial score (nSPS) is 13.9. The van der Waals surface area contributed by atoms with E-state index < -0.39 is 0 Å². The standard InChI is InChI=1S/C28H30N6O2S/c1-19-9-12-29-26(15-19)33-25-4-2-3-23(32-25)24-17-31-27(37-24)18-30-21-7-5-20(6-8-21)16-28(36)34-13-10-22(35)11-14-34/h2-9,12,15,17,22,30,35H,10-11,13-14,16,18H2,1H3,(H,29,32,33). The van der Waals surface area contributed by atoms with Gasteiger partial charge in [0, 0.05) is 31.2 Å². The predicted molar refractivity (Wildman–Crippen MR) is 147 cm³/mol. The summed E-state index contributed by atoms with van der Waals surface area (Å²) >= 11 is 1.60. The molecule has 1 amide bonds. The number of aliphatic hydroxyl groups is 1. The van der Waals surface area contributed by atoms with Gasteiger partial charge in [0.05, 0.1) is 29.6 Å². The van der Waals surface area contributed by atoms with E-state index in [1.165, 1.54) is 0 Å². The molecule has 0 spiro atoms. The van der Waals surface area contributed by atoms with Crippen LogP contribution in [0.4, 0.5) is 17.3 Å². The molecule has 4 heterocycles. The summed E-state index contributed by atoms with van der Waals surface area (Å²) in [7, 11) is 0. The van der Waals surface area contributed by atoms with E-state index in [1.54, 1.807) is 17.5 Å². The van der Waals surface area contributed by atoms with Gasteiger partial charge in [-0.1, -0.05) is 18.2 Å². The van der Waals surface area contributed by atoms with Crippen molar-refractivity contribution in [1.82, 2.24) is 19.9 Å². The lowest BCUT2D eigenvalue weighted by atomic mass is 10.1.